The van der Waals surface area contributed by atoms with Crippen LogP contribution in [0.5, 0.6) is 0 Å². The first kappa shape index (κ1) is 18.2. The maximum Gasteiger partial charge on any atom is 0.0326 e. The first-order valence-electron chi connectivity index (χ1n) is 11.2. The summed E-state index contributed by atoms with van der Waals surface area (Å²) in [6, 6.07) is 22.3. The zero-order valence-electron chi connectivity index (χ0n) is 17.3. The van der Waals surface area contributed by atoms with Gasteiger partial charge < -0.3 is 5.73 Å². The molecule has 0 atom stereocenters. The molecule has 0 saturated carbocycles. The highest BCUT2D eigenvalue weighted by Crippen LogP contribution is 2.42. The Morgan fingerprint density at radius 3 is 2.24 bits per heavy atom. The van der Waals surface area contributed by atoms with E-state index in [4.69, 9.17) is 5.73 Å². The van der Waals surface area contributed by atoms with E-state index in [-0.39, 0.29) is 0 Å². The average molecular weight is 380 g/mol. The molecule has 5 aromatic rings. The van der Waals surface area contributed by atoms with Crippen LogP contribution in [0.25, 0.3) is 43.1 Å². The predicted molar refractivity (Wildman–Crippen MR) is 129 cm³/mol. The molecular weight excluding hydrogens is 350 g/mol. The van der Waals surface area contributed by atoms with Gasteiger partial charge in [0.2, 0.25) is 0 Å². The van der Waals surface area contributed by atoms with Gasteiger partial charge in [0.25, 0.3) is 0 Å². The summed E-state index contributed by atoms with van der Waals surface area (Å²) in [5.74, 6) is 0. The van der Waals surface area contributed by atoms with Crippen molar-refractivity contribution in [3.63, 3.8) is 0 Å². The molecule has 0 radical (unpaired) electrons. The molecule has 0 bridgehead atoms. The Kier molecular flexibility index (Phi) is 4.75. The lowest BCUT2D eigenvalue weighted by Crippen LogP contribution is -1.94. The third-order valence-corrected chi connectivity index (χ3v) is 6.49. The Balaban J connectivity index is 1.71. The summed E-state index contributed by atoms with van der Waals surface area (Å²) < 4.78 is 0. The number of hydrogen-bond acceptors (Lipinski definition) is 1. The number of aryl methyl sites for hydroxylation is 1. The molecule has 5 rings (SSSR count). The zero-order chi connectivity index (χ0) is 19.8. The van der Waals surface area contributed by atoms with Crippen LogP contribution < -0.4 is 5.73 Å². The van der Waals surface area contributed by atoms with Gasteiger partial charge in [-0.25, -0.2) is 0 Å². The van der Waals surface area contributed by atoms with Crippen molar-refractivity contribution in [2.75, 3.05) is 5.73 Å². The standard InChI is InChI=1S/C28H29N/c1-2-3-4-5-6-7-10-19-15-16-20-11-8-13-23-25-18-22(29)17-21-12-9-14-24(26(21)25)28(19)27(20)23/h8-9,11-18H,2-7,10,29H2,1H3. The van der Waals surface area contributed by atoms with Crippen molar-refractivity contribution in [1.29, 1.82) is 0 Å². The van der Waals surface area contributed by atoms with Crippen LogP contribution in [0.3, 0.4) is 0 Å². The molecule has 1 nitrogen and oxygen atoms in total. The Morgan fingerprint density at radius 2 is 1.38 bits per heavy atom. The van der Waals surface area contributed by atoms with Gasteiger partial charge in [-0.3, -0.25) is 0 Å². The molecule has 0 aliphatic heterocycles. The molecule has 0 heterocycles. The van der Waals surface area contributed by atoms with E-state index in [0.29, 0.717) is 0 Å². The quantitative estimate of drug-likeness (QED) is 0.131. The number of rotatable bonds is 7. The molecule has 29 heavy (non-hydrogen) atoms. The molecule has 0 spiro atoms. The van der Waals surface area contributed by atoms with Gasteiger partial charge >= 0.3 is 0 Å². The normalized spacial score (nSPS) is 12.0. The Morgan fingerprint density at radius 1 is 0.621 bits per heavy atom. The topological polar surface area (TPSA) is 26.0 Å². The molecule has 0 amide bonds. The van der Waals surface area contributed by atoms with E-state index in [1.165, 1.54) is 87.2 Å². The minimum Gasteiger partial charge on any atom is -0.399 e. The Labute approximate surface area is 172 Å². The van der Waals surface area contributed by atoms with Crippen molar-refractivity contribution in [3.05, 3.63) is 66.2 Å². The second-order valence-electron chi connectivity index (χ2n) is 8.49. The number of hydrogen-bond donors (Lipinski definition) is 1. The molecule has 5 aromatic carbocycles. The number of nitrogens with two attached hydrogens (primary N) is 1. The lowest BCUT2D eigenvalue weighted by molar-refractivity contribution is 0.608. The van der Waals surface area contributed by atoms with E-state index < -0.39 is 0 Å². The van der Waals surface area contributed by atoms with Crippen LogP contribution in [-0.2, 0) is 6.42 Å². The summed E-state index contributed by atoms with van der Waals surface area (Å²) in [5.41, 5.74) is 8.60. The monoisotopic (exact) mass is 379 g/mol. The molecule has 0 aliphatic rings. The van der Waals surface area contributed by atoms with Crippen molar-refractivity contribution in [2.24, 2.45) is 0 Å². The van der Waals surface area contributed by atoms with E-state index in [1.54, 1.807) is 0 Å². The van der Waals surface area contributed by atoms with Crippen molar-refractivity contribution in [3.8, 4) is 0 Å². The van der Waals surface area contributed by atoms with E-state index >= 15 is 0 Å². The second kappa shape index (κ2) is 7.55. The van der Waals surface area contributed by atoms with Gasteiger partial charge in [-0.2, -0.15) is 0 Å². The van der Waals surface area contributed by atoms with E-state index in [1.807, 2.05) is 0 Å². The molecule has 0 fully saturated rings. The number of unbranched alkanes of at least 4 members (excludes halogenated alkanes) is 5. The Hall–Kier alpha value is -2.80. The van der Waals surface area contributed by atoms with Gasteiger partial charge in [-0.05, 0) is 73.6 Å². The van der Waals surface area contributed by atoms with Gasteiger partial charge in [-0.1, -0.05) is 87.6 Å². The van der Waals surface area contributed by atoms with Crippen LogP contribution >= 0.6 is 0 Å². The number of fused-ring (bicyclic) bond motifs is 2. The van der Waals surface area contributed by atoms with Crippen molar-refractivity contribution < 1.29 is 0 Å². The van der Waals surface area contributed by atoms with E-state index in [9.17, 15) is 0 Å². The SMILES string of the molecule is CCCCCCCCc1ccc2cccc3c4cc(N)cc5cccc(c1c23)c54. The third kappa shape index (κ3) is 3.09. The minimum absolute atomic E-state index is 0.841. The highest BCUT2D eigenvalue weighted by atomic mass is 14.5. The first-order valence-corrected chi connectivity index (χ1v) is 11.2. The fourth-order valence-electron chi connectivity index (χ4n) is 5.13. The lowest BCUT2D eigenvalue weighted by Gasteiger charge is -2.17. The number of benzene rings is 5. The van der Waals surface area contributed by atoms with Crippen molar-refractivity contribution in [1.82, 2.24) is 0 Å². The Bertz CT molecular complexity index is 1300. The summed E-state index contributed by atoms with van der Waals surface area (Å²) >= 11 is 0. The van der Waals surface area contributed by atoms with Crippen LogP contribution in [0.15, 0.2) is 60.7 Å². The first-order chi connectivity index (χ1) is 14.3. The van der Waals surface area contributed by atoms with Gasteiger partial charge in [0.1, 0.15) is 0 Å². The molecule has 0 unspecified atom stereocenters. The van der Waals surface area contributed by atoms with Gasteiger partial charge in [0, 0.05) is 5.69 Å². The van der Waals surface area contributed by atoms with E-state index in [0.717, 1.165) is 12.1 Å². The molecule has 0 aromatic heterocycles. The molecule has 146 valence electrons. The van der Waals surface area contributed by atoms with Crippen molar-refractivity contribution >= 4 is 48.8 Å². The third-order valence-electron chi connectivity index (χ3n) is 6.49. The van der Waals surface area contributed by atoms with Gasteiger partial charge in [0.15, 0.2) is 0 Å². The molecule has 2 N–H and O–H groups in total. The highest BCUT2D eigenvalue weighted by Gasteiger charge is 2.15. The van der Waals surface area contributed by atoms with Crippen LogP contribution in [0.2, 0.25) is 0 Å². The maximum absolute atomic E-state index is 6.27. The molecule has 0 saturated heterocycles. The summed E-state index contributed by atoms with van der Waals surface area (Å²) in [4.78, 5) is 0. The summed E-state index contributed by atoms with van der Waals surface area (Å²) in [6.07, 6.45) is 9.18. The molecular formula is C28H29N. The van der Waals surface area contributed by atoms with Crippen LogP contribution in [0, 0.1) is 0 Å². The average Bonchev–Trinajstić information content (AvgIpc) is 2.74. The maximum atomic E-state index is 6.27. The second-order valence-corrected chi connectivity index (χ2v) is 8.49. The largest absolute Gasteiger partial charge is 0.399 e. The summed E-state index contributed by atoms with van der Waals surface area (Å²) in [5, 5.41) is 10.8. The number of anilines is 1. The zero-order valence-corrected chi connectivity index (χ0v) is 17.3. The van der Waals surface area contributed by atoms with Crippen molar-refractivity contribution in [2.45, 2.75) is 51.9 Å². The summed E-state index contributed by atoms with van der Waals surface area (Å²) in [6.45, 7) is 2.28. The predicted octanol–water partition coefficient (Wildman–Crippen LogP) is 8.22. The van der Waals surface area contributed by atoms with Crippen LogP contribution in [0.1, 0.15) is 51.0 Å². The van der Waals surface area contributed by atoms with Crippen LogP contribution in [0.4, 0.5) is 5.69 Å². The summed E-state index contributed by atoms with van der Waals surface area (Å²) in [7, 11) is 0. The van der Waals surface area contributed by atoms with Gasteiger partial charge in [0.05, 0.1) is 0 Å². The highest BCUT2D eigenvalue weighted by molar-refractivity contribution is 6.33. The lowest BCUT2D eigenvalue weighted by atomic mass is 9.86. The smallest absolute Gasteiger partial charge is 0.0326 e. The van der Waals surface area contributed by atoms with E-state index in [2.05, 4.69) is 67.6 Å². The fourth-order valence-corrected chi connectivity index (χ4v) is 5.13. The fraction of sp³-hybridized carbons (Fsp3) is 0.286. The molecule has 0 aliphatic carbocycles. The van der Waals surface area contributed by atoms with Crippen LogP contribution in [-0.4, -0.2) is 0 Å². The van der Waals surface area contributed by atoms with Gasteiger partial charge in [-0.15, -0.1) is 0 Å². The number of nitrogen functional groups attached to an aromatic ring is 1. The molecule has 1 heteroatoms. The minimum atomic E-state index is 0.841.